The van der Waals surface area contributed by atoms with Crippen LogP contribution in [-0.4, -0.2) is 31.4 Å². The standard InChI is InChI=1S/C12H17Cl2NO2S/c1-15(18(16,17)8-3-2-7-13)10-11-5-4-6-12(14)9-11/h4-6,9H,2-3,7-8,10H2,1H3. The van der Waals surface area contributed by atoms with Gasteiger partial charge in [0.2, 0.25) is 10.0 Å². The molecule has 1 aromatic rings. The van der Waals surface area contributed by atoms with Gasteiger partial charge in [-0.25, -0.2) is 12.7 Å². The number of rotatable bonds is 7. The zero-order chi connectivity index (χ0) is 13.6. The number of benzene rings is 1. The first-order valence-corrected chi connectivity index (χ1v) is 8.22. The molecule has 0 unspecified atom stereocenters. The van der Waals surface area contributed by atoms with E-state index in [0.717, 1.165) is 5.56 Å². The number of unbranched alkanes of at least 4 members (excludes halogenated alkanes) is 1. The molecule has 0 aliphatic heterocycles. The van der Waals surface area contributed by atoms with Crippen LogP contribution in [0.3, 0.4) is 0 Å². The van der Waals surface area contributed by atoms with E-state index >= 15 is 0 Å². The fraction of sp³-hybridized carbons (Fsp3) is 0.500. The fourth-order valence-electron chi connectivity index (χ4n) is 1.53. The van der Waals surface area contributed by atoms with Crippen LogP contribution in [0.15, 0.2) is 24.3 Å². The summed E-state index contributed by atoms with van der Waals surface area (Å²) in [5.41, 5.74) is 0.880. The molecule has 0 atom stereocenters. The van der Waals surface area contributed by atoms with Crippen molar-refractivity contribution in [2.24, 2.45) is 0 Å². The van der Waals surface area contributed by atoms with Gasteiger partial charge in [0.05, 0.1) is 5.75 Å². The van der Waals surface area contributed by atoms with Crippen molar-refractivity contribution < 1.29 is 8.42 Å². The normalized spacial score (nSPS) is 12.0. The minimum atomic E-state index is -3.21. The van der Waals surface area contributed by atoms with Gasteiger partial charge in [-0.05, 0) is 30.5 Å². The third kappa shape index (κ3) is 5.14. The summed E-state index contributed by atoms with van der Waals surface area (Å²) in [5, 5.41) is 0.612. The highest BCUT2D eigenvalue weighted by Gasteiger charge is 2.17. The van der Waals surface area contributed by atoms with Crippen molar-refractivity contribution >= 4 is 33.2 Å². The van der Waals surface area contributed by atoms with Crippen LogP contribution in [0.1, 0.15) is 18.4 Å². The number of alkyl halides is 1. The number of sulfonamides is 1. The maximum absolute atomic E-state index is 11.9. The molecule has 0 amide bonds. The fourth-order valence-corrected chi connectivity index (χ4v) is 3.15. The van der Waals surface area contributed by atoms with Crippen LogP contribution < -0.4 is 0 Å². The molecule has 0 spiro atoms. The topological polar surface area (TPSA) is 37.4 Å². The molecule has 102 valence electrons. The second-order valence-electron chi connectivity index (χ2n) is 4.10. The zero-order valence-corrected chi connectivity index (χ0v) is 12.6. The second-order valence-corrected chi connectivity index (χ2v) is 7.11. The lowest BCUT2D eigenvalue weighted by molar-refractivity contribution is 0.465. The largest absolute Gasteiger partial charge is 0.214 e. The minimum Gasteiger partial charge on any atom is -0.212 e. The molecule has 6 heteroatoms. The van der Waals surface area contributed by atoms with Crippen molar-refractivity contribution in [3.8, 4) is 0 Å². The number of hydrogen-bond acceptors (Lipinski definition) is 2. The van der Waals surface area contributed by atoms with E-state index in [1.54, 1.807) is 19.2 Å². The predicted molar refractivity (Wildman–Crippen MR) is 76.7 cm³/mol. The Balaban J connectivity index is 2.61. The molecule has 0 heterocycles. The maximum atomic E-state index is 11.9. The van der Waals surface area contributed by atoms with Gasteiger partial charge >= 0.3 is 0 Å². The Bertz CT molecular complexity index is 477. The molecule has 0 aromatic heterocycles. The average Bonchev–Trinajstić information content (AvgIpc) is 2.29. The highest BCUT2D eigenvalue weighted by molar-refractivity contribution is 7.89. The molecule has 0 aliphatic carbocycles. The summed E-state index contributed by atoms with van der Waals surface area (Å²) in [5.74, 6) is 0.629. The summed E-state index contributed by atoms with van der Waals surface area (Å²) >= 11 is 11.4. The summed E-state index contributed by atoms with van der Waals surface area (Å²) in [6.07, 6.45) is 1.30. The lowest BCUT2D eigenvalue weighted by Crippen LogP contribution is -2.28. The Hall–Kier alpha value is -0.290. The van der Waals surface area contributed by atoms with Gasteiger partial charge < -0.3 is 0 Å². The van der Waals surface area contributed by atoms with Gasteiger partial charge in [0.25, 0.3) is 0 Å². The van der Waals surface area contributed by atoms with Crippen LogP contribution in [0.5, 0.6) is 0 Å². The van der Waals surface area contributed by atoms with Crippen molar-refractivity contribution in [1.29, 1.82) is 0 Å². The molecular weight excluding hydrogens is 293 g/mol. The van der Waals surface area contributed by atoms with Crippen LogP contribution in [-0.2, 0) is 16.6 Å². The van der Waals surface area contributed by atoms with Crippen molar-refractivity contribution in [3.63, 3.8) is 0 Å². The third-order valence-corrected chi connectivity index (χ3v) is 4.94. The zero-order valence-electron chi connectivity index (χ0n) is 10.3. The van der Waals surface area contributed by atoms with Gasteiger partial charge in [-0.1, -0.05) is 23.7 Å². The van der Waals surface area contributed by atoms with Crippen molar-refractivity contribution in [2.45, 2.75) is 19.4 Å². The summed E-state index contributed by atoms with van der Waals surface area (Å²) in [6.45, 7) is 0.337. The van der Waals surface area contributed by atoms with Gasteiger partial charge in [0.15, 0.2) is 0 Å². The van der Waals surface area contributed by atoms with E-state index in [4.69, 9.17) is 23.2 Å². The number of halogens is 2. The summed E-state index contributed by atoms with van der Waals surface area (Å²) < 4.78 is 25.2. The molecule has 0 saturated carbocycles. The SMILES string of the molecule is CN(Cc1cccc(Cl)c1)S(=O)(=O)CCCCCl. The molecule has 0 fully saturated rings. The van der Waals surface area contributed by atoms with Crippen LogP contribution in [0.2, 0.25) is 5.02 Å². The molecule has 0 radical (unpaired) electrons. The Labute approximate surface area is 119 Å². The smallest absolute Gasteiger partial charge is 0.212 e. The van der Waals surface area contributed by atoms with Crippen LogP contribution in [0.25, 0.3) is 0 Å². The van der Waals surface area contributed by atoms with E-state index in [1.165, 1.54) is 4.31 Å². The van der Waals surface area contributed by atoms with Gasteiger partial charge in [-0.15, -0.1) is 11.6 Å². The van der Waals surface area contributed by atoms with Crippen molar-refractivity contribution in [1.82, 2.24) is 4.31 Å². The third-order valence-electron chi connectivity index (χ3n) is 2.56. The average molecular weight is 310 g/mol. The molecule has 0 N–H and O–H groups in total. The second kappa shape index (κ2) is 7.34. The summed E-state index contributed by atoms with van der Waals surface area (Å²) in [7, 11) is -1.63. The van der Waals surface area contributed by atoms with E-state index in [2.05, 4.69) is 0 Å². The van der Waals surface area contributed by atoms with Crippen molar-refractivity contribution in [3.05, 3.63) is 34.9 Å². The molecule has 0 bridgehead atoms. The molecule has 1 aromatic carbocycles. The minimum absolute atomic E-state index is 0.136. The van der Waals surface area contributed by atoms with E-state index in [1.807, 2.05) is 12.1 Å². The number of nitrogens with zero attached hydrogens (tertiary/aromatic N) is 1. The van der Waals surface area contributed by atoms with E-state index in [-0.39, 0.29) is 5.75 Å². The molecule has 18 heavy (non-hydrogen) atoms. The Morgan fingerprint density at radius 1 is 1.28 bits per heavy atom. The Kier molecular flexibility index (Phi) is 6.43. The lowest BCUT2D eigenvalue weighted by atomic mass is 10.2. The van der Waals surface area contributed by atoms with E-state index < -0.39 is 10.0 Å². The monoisotopic (exact) mass is 309 g/mol. The molecule has 0 aliphatic rings. The van der Waals surface area contributed by atoms with Gasteiger partial charge in [0, 0.05) is 24.5 Å². The molecular formula is C12H17Cl2NO2S. The van der Waals surface area contributed by atoms with E-state index in [9.17, 15) is 8.42 Å². The first kappa shape index (κ1) is 15.8. The Morgan fingerprint density at radius 2 is 2.00 bits per heavy atom. The highest BCUT2D eigenvalue weighted by Crippen LogP contribution is 2.14. The maximum Gasteiger partial charge on any atom is 0.214 e. The van der Waals surface area contributed by atoms with Crippen LogP contribution >= 0.6 is 23.2 Å². The summed E-state index contributed by atoms with van der Waals surface area (Å²) in [6, 6.07) is 7.20. The highest BCUT2D eigenvalue weighted by atomic mass is 35.5. The molecule has 0 saturated heterocycles. The first-order valence-electron chi connectivity index (χ1n) is 5.70. The summed E-state index contributed by atoms with van der Waals surface area (Å²) in [4.78, 5) is 0. The van der Waals surface area contributed by atoms with Gasteiger partial charge in [-0.2, -0.15) is 0 Å². The molecule has 3 nitrogen and oxygen atoms in total. The van der Waals surface area contributed by atoms with E-state index in [0.29, 0.717) is 30.3 Å². The quantitative estimate of drug-likeness (QED) is 0.573. The first-order chi connectivity index (χ1) is 8.45. The van der Waals surface area contributed by atoms with Crippen LogP contribution in [0.4, 0.5) is 0 Å². The van der Waals surface area contributed by atoms with Gasteiger partial charge in [-0.3, -0.25) is 0 Å². The van der Waals surface area contributed by atoms with Gasteiger partial charge in [0.1, 0.15) is 0 Å². The predicted octanol–water partition coefficient (Wildman–Crippen LogP) is 3.12. The van der Waals surface area contributed by atoms with Crippen molar-refractivity contribution in [2.75, 3.05) is 18.7 Å². The lowest BCUT2D eigenvalue weighted by Gasteiger charge is -2.17. The molecule has 1 rings (SSSR count). The number of hydrogen-bond donors (Lipinski definition) is 0. The Morgan fingerprint density at radius 3 is 2.61 bits per heavy atom. The van der Waals surface area contributed by atoms with Crippen LogP contribution in [0, 0.1) is 0 Å².